The Bertz CT molecular complexity index is 3480. The molecule has 8 aromatic carbocycles. The number of fused-ring (bicyclic) bond motifs is 8. The fraction of sp³-hybridized carbons (Fsp3) is 0. The number of nitrogens with zero attached hydrogens (tertiary/aromatic N) is 6. The number of aromatic nitrogens is 6. The average molecular weight is 757 g/mol. The second-order valence-corrected chi connectivity index (χ2v) is 14.7. The summed E-state index contributed by atoms with van der Waals surface area (Å²) in [6.45, 7) is 0. The molecule has 0 amide bonds. The molecule has 4 aromatic heterocycles. The molecule has 0 radical (unpaired) electrons. The van der Waals surface area contributed by atoms with Gasteiger partial charge in [-0.25, -0.2) is 9.97 Å². The molecule has 0 unspecified atom stereocenters. The summed E-state index contributed by atoms with van der Waals surface area (Å²) in [7, 11) is 0. The summed E-state index contributed by atoms with van der Waals surface area (Å²) >= 11 is 0. The Labute approximate surface area is 338 Å². The van der Waals surface area contributed by atoms with Gasteiger partial charge in [-0.1, -0.05) is 152 Å². The van der Waals surface area contributed by atoms with Crippen molar-refractivity contribution in [3.63, 3.8) is 0 Å². The van der Waals surface area contributed by atoms with Crippen molar-refractivity contribution in [1.29, 1.82) is 0 Å². The fourth-order valence-corrected chi connectivity index (χ4v) is 8.54. The maximum Gasteiger partial charge on any atom is 0.238 e. The van der Waals surface area contributed by atoms with Crippen molar-refractivity contribution in [2.45, 2.75) is 0 Å². The third-order valence-electron chi connectivity index (χ3n) is 11.2. The molecule has 59 heavy (non-hydrogen) atoms. The highest BCUT2D eigenvalue weighted by Crippen LogP contribution is 2.42. The van der Waals surface area contributed by atoms with Gasteiger partial charge in [0.15, 0.2) is 17.2 Å². The van der Waals surface area contributed by atoms with Gasteiger partial charge in [0.2, 0.25) is 11.8 Å². The van der Waals surface area contributed by atoms with Crippen LogP contribution in [0.5, 0.6) is 0 Å². The lowest BCUT2D eigenvalue weighted by atomic mass is 10.0. The lowest BCUT2D eigenvalue weighted by Gasteiger charge is -2.13. The van der Waals surface area contributed by atoms with E-state index in [2.05, 4.69) is 100 Å². The summed E-state index contributed by atoms with van der Waals surface area (Å²) in [5, 5.41) is 4.54. The molecule has 12 aromatic rings. The Hall–Kier alpha value is -8.16. The second-order valence-electron chi connectivity index (χ2n) is 14.7. The van der Waals surface area contributed by atoms with Crippen LogP contribution in [0.4, 0.5) is 0 Å². The van der Waals surface area contributed by atoms with Crippen LogP contribution in [-0.2, 0) is 0 Å². The normalized spacial score (nSPS) is 11.7. The predicted octanol–water partition coefficient (Wildman–Crippen LogP) is 12.9. The van der Waals surface area contributed by atoms with Gasteiger partial charge < -0.3 is 8.98 Å². The van der Waals surface area contributed by atoms with Gasteiger partial charge in [-0.05, 0) is 48.0 Å². The summed E-state index contributed by atoms with van der Waals surface area (Å²) in [4.78, 5) is 20.3. The molecule has 7 nitrogen and oxygen atoms in total. The molecule has 12 rings (SSSR count). The molecule has 0 aliphatic heterocycles. The quantitative estimate of drug-likeness (QED) is 0.169. The number of oxazole rings is 1. The highest BCUT2D eigenvalue weighted by molar-refractivity contribution is 6.23. The summed E-state index contributed by atoms with van der Waals surface area (Å²) in [5.74, 6) is 2.39. The Morgan fingerprint density at radius 1 is 0.356 bits per heavy atom. The van der Waals surface area contributed by atoms with Gasteiger partial charge in [0.05, 0.1) is 22.1 Å². The molecule has 0 N–H and O–H groups in total. The maximum atomic E-state index is 6.43. The first-order valence-corrected chi connectivity index (χ1v) is 19.7. The highest BCUT2D eigenvalue weighted by Gasteiger charge is 2.24. The average Bonchev–Trinajstić information content (AvgIpc) is 4.01. The van der Waals surface area contributed by atoms with Crippen molar-refractivity contribution in [3.8, 4) is 57.0 Å². The summed E-state index contributed by atoms with van der Waals surface area (Å²) < 4.78 is 11.0. The molecule has 4 heterocycles. The number of para-hydroxylation sites is 3. The Balaban J connectivity index is 1.11. The van der Waals surface area contributed by atoms with Crippen LogP contribution < -0.4 is 0 Å². The minimum absolute atomic E-state index is 0.554. The monoisotopic (exact) mass is 756 g/mol. The molecule has 0 atom stereocenters. The van der Waals surface area contributed by atoms with E-state index in [1.807, 2.05) is 103 Å². The molecule has 0 spiro atoms. The van der Waals surface area contributed by atoms with E-state index in [9.17, 15) is 0 Å². The maximum absolute atomic E-state index is 6.43. The van der Waals surface area contributed by atoms with Gasteiger partial charge in [-0.2, -0.15) is 9.97 Å². The topological polar surface area (TPSA) is 74.6 Å². The number of rotatable bonds is 6. The van der Waals surface area contributed by atoms with Crippen LogP contribution in [0.2, 0.25) is 0 Å². The lowest BCUT2D eigenvalue weighted by molar-refractivity contribution is 0.621. The van der Waals surface area contributed by atoms with Gasteiger partial charge in [-0.15, -0.1) is 0 Å². The van der Waals surface area contributed by atoms with E-state index in [-0.39, 0.29) is 0 Å². The van der Waals surface area contributed by atoms with E-state index in [0.29, 0.717) is 23.5 Å². The van der Waals surface area contributed by atoms with E-state index in [1.54, 1.807) is 0 Å². The van der Waals surface area contributed by atoms with Crippen molar-refractivity contribution in [2.75, 3.05) is 0 Å². The predicted molar refractivity (Wildman–Crippen MR) is 238 cm³/mol. The minimum atomic E-state index is 0.554. The smallest absolute Gasteiger partial charge is 0.238 e. The van der Waals surface area contributed by atoms with Crippen LogP contribution in [0.1, 0.15) is 0 Å². The molecule has 7 heteroatoms. The molecular formula is C52H32N6O. The molecule has 0 saturated heterocycles. The van der Waals surface area contributed by atoms with Gasteiger partial charge in [0.25, 0.3) is 0 Å². The largest absolute Gasteiger partial charge is 0.435 e. The second kappa shape index (κ2) is 13.2. The van der Waals surface area contributed by atoms with Gasteiger partial charge >= 0.3 is 0 Å². The summed E-state index contributed by atoms with van der Waals surface area (Å²) in [6.07, 6.45) is 0. The minimum Gasteiger partial charge on any atom is -0.435 e. The first-order valence-electron chi connectivity index (χ1n) is 19.7. The molecule has 0 fully saturated rings. The van der Waals surface area contributed by atoms with Crippen LogP contribution in [-0.4, -0.2) is 29.1 Å². The number of hydrogen-bond acceptors (Lipinski definition) is 5. The Morgan fingerprint density at radius 2 is 0.881 bits per heavy atom. The van der Waals surface area contributed by atoms with E-state index in [4.69, 9.17) is 24.4 Å². The summed E-state index contributed by atoms with van der Waals surface area (Å²) in [5.41, 5.74) is 11.7. The SMILES string of the molecule is c1ccc(-c2nc(-c3ccccc3)nc(-n3c4ccccc4c4ccc5c6ccccc6n(-c6ccc(-c7cccc8nc(-c9ccccc9)oc78)cc6)c5c43)n2)cc1. The van der Waals surface area contributed by atoms with Crippen molar-refractivity contribution in [3.05, 3.63) is 194 Å². The van der Waals surface area contributed by atoms with Crippen LogP contribution in [0, 0.1) is 0 Å². The molecule has 0 aliphatic rings. The molecule has 0 bridgehead atoms. The number of hydrogen-bond donors (Lipinski definition) is 0. The van der Waals surface area contributed by atoms with E-state index in [1.165, 1.54) is 0 Å². The van der Waals surface area contributed by atoms with E-state index < -0.39 is 0 Å². The van der Waals surface area contributed by atoms with E-state index in [0.717, 1.165) is 88.2 Å². The van der Waals surface area contributed by atoms with Crippen molar-refractivity contribution in [1.82, 2.24) is 29.1 Å². The zero-order valence-electron chi connectivity index (χ0n) is 31.6. The van der Waals surface area contributed by atoms with Crippen LogP contribution >= 0.6 is 0 Å². The molecule has 0 saturated carbocycles. The van der Waals surface area contributed by atoms with Crippen molar-refractivity contribution in [2.24, 2.45) is 0 Å². The zero-order valence-corrected chi connectivity index (χ0v) is 31.6. The van der Waals surface area contributed by atoms with Crippen molar-refractivity contribution < 1.29 is 4.42 Å². The van der Waals surface area contributed by atoms with E-state index >= 15 is 0 Å². The van der Waals surface area contributed by atoms with Crippen LogP contribution in [0.25, 0.3) is 112 Å². The first-order chi connectivity index (χ1) is 29.3. The Morgan fingerprint density at radius 3 is 1.49 bits per heavy atom. The third kappa shape index (κ3) is 5.29. The number of benzene rings is 8. The van der Waals surface area contributed by atoms with Gasteiger partial charge in [-0.3, -0.25) is 4.57 Å². The standard InChI is InChI=1S/C52H32N6O/c1-4-15-34(16-5-1)49-54-50(35-17-6-2-7-18-35)56-52(55-49)58-45-26-13-11-22-40(45)42-32-31-41-39-21-10-12-25-44(39)57(46(41)47(42)58)37-29-27-33(28-30-37)38-23-14-24-43-48(38)59-51(53-43)36-19-8-3-9-20-36/h1-32H. The van der Waals surface area contributed by atoms with Crippen molar-refractivity contribution >= 4 is 54.7 Å². The first kappa shape index (κ1) is 33.0. The zero-order chi connectivity index (χ0) is 38.9. The molecule has 276 valence electrons. The van der Waals surface area contributed by atoms with Gasteiger partial charge in [0.1, 0.15) is 5.52 Å². The lowest BCUT2D eigenvalue weighted by Crippen LogP contribution is -2.07. The molecule has 0 aliphatic carbocycles. The van der Waals surface area contributed by atoms with Gasteiger partial charge in [0, 0.05) is 49.5 Å². The highest BCUT2D eigenvalue weighted by atomic mass is 16.3. The fourth-order valence-electron chi connectivity index (χ4n) is 8.54. The third-order valence-corrected chi connectivity index (χ3v) is 11.2. The Kier molecular flexibility index (Phi) is 7.40. The molecular weight excluding hydrogens is 725 g/mol. The van der Waals surface area contributed by atoms with Crippen LogP contribution in [0.3, 0.4) is 0 Å². The summed E-state index contributed by atoms with van der Waals surface area (Å²) in [6, 6.07) is 66.9. The van der Waals surface area contributed by atoms with Crippen LogP contribution in [0.15, 0.2) is 199 Å².